The molecule has 2 aromatic heterocycles. The first-order chi connectivity index (χ1) is 16.6. The van der Waals surface area contributed by atoms with Crippen LogP contribution in [0.5, 0.6) is 0 Å². The Morgan fingerprint density at radius 2 is 2.09 bits per heavy atom. The molecule has 10 nitrogen and oxygen atoms in total. The molecule has 2 aliphatic rings. The van der Waals surface area contributed by atoms with Crippen molar-refractivity contribution < 1.29 is 9.53 Å². The molecular weight excluding hydrogens is 432 g/mol. The first-order valence-electron chi connectivity index (χ1n) is 12.0. The van der Waals surface area contributed by atoms with E-state index in [0.29, 0.717) is 29.0 Å². The molecule has 3 heterocycles. The minimum atomic E-state index is -0.211. The average molecular weight is 465 g/mol. The normalized spacial score (nSPS) is 19.1. The van der Waals surface area contributed by atoms with Crippen molar-refractivity contribution >= 4 is 34.6 Å². The first-order valence-corrected chi connectivity index (χ1v) is 12.0. The number of hydrogen-bond donors (Lipinski definition) is 3. The molecule has 1 saturated carbocycles. The van der Waals surface area contributed by atoms with Crippen LogP contribution in [0.15, 0.2) is 30.6 Å². The number of imidazole rings is 1. The largest absolute Gasteiger partial charge is 0.380 e. The number of anilines is 3. The van der Waals surface area contributed by atoms with E-state index in [1.54, 1.807) is 14.2 Å². The lowest BCUT2D eigenvalue weighted by atomic mass is 9.93. The number of carbonyl (C=O) groups excluding carboxylic acids is 1. The Labute approximate surface area is 199 Å². The summed E-state index contributed by atoms with van der Waals surface area (Å²) in [5.74, 6) is 0.974. The Morgan fingerprint density at radius 3 is 2.85 bits per heavy atom. The molecular formula is C24H32N8O2. The summed E-state index contributed by atoms with van der Waals surface area (Å²) >= 11 is 0. The molecule has 5 rings (SSSR count). The fourth-order valence-electron chi connectivity index (χ4n) is 4.56. The molecule has 1 aliphatic carbocycles. The van der Waals surface area contributed by atoms with Gasteiger partial charge in [0.2, 0.25) is 5.95 Å². The van der Waals surface area contributed by atoms with Crippen LogP contribution in [0.4, 0.5) is 22.2 Å². The zero-order chi connectivity index (χ0) is 23.5. The van der Waals surface area contributed by atoms with Crippen molar-refractivity contribution in [2.45, 2.75) is 50.8 Å². The fraction of sp³-hybridized carbons (Fsp3) is 0.500. The third kappa shape index (κ3) is 4.83. The molecule has 180 valence electrons. The van der Waals surface area contributed by atoms with Crippen molar-refractivity contribution in [1.29, 1.82) is 0 Å². The van der Waals surface area contributed by atoms with Gasteiger partial charge in [-0.1, -0.05) is 12.1 Å². The highest BCUT2D eigenvalue weighted by Gasteiger charge is 2.23. The Morgan fingerprint density at radius 1 is 1.21 bits per heavy atom. The van der Waals surface area contributed by atoms with Crippen molar-refractivity contribution in [3.05, 3.63) is 36.2 Å². The van der Waals surface area contributed by atoms with E-state index >= 15 is 0 Å². The van der Waals surface area contributed by atoms with Crippen LogP contribution in [0.1, 0.15) is 37.7 Å². The van der Waals surface area contributed by atoms with Gasteiger partial charge in [-0.15, -0.1) is 0 Å². The number of fused-ring (bicyclic) bond motifs is 1. The van der Waals surface area contributed by atoms with Crippen molar-refractivity contribution in [1.82, 2.24) is 29.7 Å². The Bertz CT molecular complexity index is 1160. The lowest BCUT2D eigenvalue weighted by Gasteiger charge is -2.31. The van der Waals surface area contributed by atoms with Gasteiger partial charge in [0.25, 0.3) is 0 Å². The van der Waals surface area contributed by atoms with Gasteiger partial charge in [0.1, 0.15) is 6.33 Å². The second-order valence-electron chi connectivity index (χ2n) is 9.07. The van der Waals surface area contributed by atoms with E-state index in [1.165, 1.54) is 16.5 Å². The zero-order valence-electron chi connectivity index (χ0n) is 19.8. The Hall–Kier alpha value is -3.24. The molecule has 1 aliphatic heterocycles. The van der Waals surface area contributed by atoms with Crippen LogP contribution in [0.2, 0.25) is 0 Å². The van der Waals surface area contributed by atoms with E-state index < -0.39 is 0 Å². The van der Waals surface area contributed by atoms with Crippen LogP contribution in [-0.2, 0) is 11.3 Å². The van der Waals surface area contributed by atoms with Crippen LogP contribution in [0.25, 0.3) is 11.2 Å². The number of amides is 1. The highest BCUT2D eigenvalue weighted by atomic mass is 16.5. The number of hydrogen-bond acceptors (Lipinski definition) is 8. The molecule has 0 spiro atoms. The molecule has 0 radical (unpaired) electrons. The third-order valence-electron chi connectivity index (χ3n) is 6.67. The molecule has 1 saturated heterocycles. The van der Waals surface area contributed by atoms with Crippen molar-refractivity contribution in [2.75, 3.05) is 37.9 Å². The number of likely N-dealkylation sites (tertiary alicyclic amines) is 1. The molecule has 1 unspecified atom stereocenters. The molecule has 3 N–H and O–H groups in total. The predicted molar refractivity (Wildman–Crippen MR) is 131 cm³/mol. The number of piperidine rings is 1. The maximum Gasteiger partial charge on any atom is 0.328 e. The van der Waals surface area contributed by atoms with Crippen molar-refractivity contribution in [2.24, 2.45) is 0 Å². The lowest BCUT2D eigenvalue weighted by molar-refractivity contribution is 0.0285. The Balaban J connectivity index is 1.35. The number of benzene rings is 1. The minimum Gasteiger partial charge on any atom is -0.380 e. The van der Waals surface area contributed by atoms with E-state index in [9.17, 15) is 4.79 Å². The van der Waals surface area contributed by atoms with E-state index in [1.807, 2.05) is 12.1 Å². The molecule has 0 bridgehead atoms. The summed E-state index contributed by atoms with van der Waals surface area (Å²) in [5.41, 5.74) is 3.13. The summed E-state index contributed by atoms with van der Waals surface area (Å²) in [6.45, 7) is 2.90. The molecule has 1 atom stereocenters. The van der Waals surface area contributed by atoms with Crippen molar-refractivity contribution in [3.8, 4) is 0 Å². The molecule has 2 fully saturated rings. The summed E-state index contributed by atoms with van der Waals surface area (Å²) in [7, 11) is 3.57. The third-order valence-corrected chi connectivity index (χ3v) is 6.67. The lowest BCUT2D eigenvalue weighted by Crippen LogP contribution is -2.41. The van der Waals surface area contributed by atoms with Gasteiger partial charge < -0.3 is 20.7 Å². The smallest absolute Gasteiger partial charge is 0.328 e. The van der Waals surface area contributed by atoms with E-state index in [0.717, 1.165) is 57.4 Å². The standard InChI is InChI=1S/C24H32N8O2/c1-25-21-20-22(32(15-26-20)24(33)28-17-7-4-8-17)30-23(29-21)27-18-9-3-6-16(12-18)13-31-11-5-10-19(14-31)34-2/h3,6,9,12,15,17,19H,4-5,7-8,10-11,13-14H2,1-2H3,(H,28,33)(H2,25,27,29,30). The maximum absolute atomic E-state index is 12.8. The molecule has 34 heavy (non-hydrogen) atoms. The number of aromatic nitrogens is 4. The summed E-state index contributed by atoms with van der Waals surface area (Å²) in [6, 6.07) is 8.29. The second kappa shape index (κ2) is 9.94. The van der Waals surface area contributed by atoms with Crippen LogP contribution in [-0.4, -0.2) is 69.8 Å². The van der Waals surface area contributed by atoms with Gasteiger partial charge in [0.05, 0.1) is 6.10 Å². The van der Waals surface area contributed by atoms with Gasteiger partial charge in [-0.3, -0.25) is 4.90 Å². The zero-order valence-corrected chi connectivity index (χ0v) is 19.8. The number of carbonyl (C=O) groups is 1. The fourth-order valence-corrected chi connectivity index (χ4v) is 4.56. The summed E-state index contributed by atoms with van der Waals surface area (Å²) in [6.07, 6.45) is 7.27. The number of ether oxygens (including phenoxy) is 1. The average Bonchev–Trinajstić information content (AvgIpc) is 3.25. The highest BCUT2D eigenvalue weighted by molar-refractivity contribution is 5.92. The first kappa shape index (κ1) is 22.5. The van der Waals surface area contributed by atoms with Crippen LogP contribution in [0.3, 0.4) is 0 Å². The maximum atomic E-state index is 12.8. The quantitative estimate of drug-likeness (QED) is 0.489. The van der Waals surface area contributed by atoms with E-state index in [-0.39, 0.29) is 12.1 Å². The molecule has 1 aromatic carbocycles. The number of rotatable bonds is 7. The van der Waals surface area contributed by atoms with Gasteiger partial charge in [-0.05, 0) is 56.3 Å². The molecule has 1 amide bonds. The van der Waals surface area contributed by atoms with Crippen LogP contribution >= 0.6 is 0 Å². The topological polar surface area (TPSA) is 109 Å². The monoisotopic (exact) mass is 464 g/mol. The van der Waals surface area contributed by atoms with Crippen molar-refractivity contribution in [3.63, 3.8) is 0 Å². The Kier molecular flexibility index (Phi) is 6.59. The number of nitrogens with one attached hydrogen (secondary N) is 3. The molecule has 3 aromatic rings. The van der Waals surface area contributed by atoms with Gasteiger partial charge in [-0.25, -0.2) is 14.3 Å². The molecule has 10 heteroatoms. The van der Waals surface area contributed by atoms with Gasteiger partial charge in [-0.2, -0.15) is 9.97 Å². The number of nitrogens with zero attached hydrogens (tertiary/aromatic N) is 5. The van der Waals surface area contributed by atoms with Gasteiger partial charge in [0, 0.05) is 39.0 Å². The number of methoxy groups -OCH3 is 1. The van der Waals surface area contributed by atoms with E-state index in [4.69, 9.17) is 4.74 Å². The van der Waals surface area contributed by atoms with Gasteiger partial charge >= 0.3 is 6.03 Å². The van der Waals surface area contributed by atoms with Gasteiger partial charge in [0.15, 0.2) is 17.0 Å². The predicted octanol–water partition coefficient (Wildman–Crippen LogP) is 3.33. The summed E-state index contributed by atoms with van der Waals surface area (Å²) < 4.78 is 7.02. The van der Waals surface area contributed by atoms with Crippen LogP contribution < -0.4 is 16.0 Å². The summed E-state index contributed by atoms with van der Waals surface area (Å²) in [5, 5.41) is 9.42. The highest BCUT2D eigenvalue weighted by Crippen LogP contribution is 2.24. The second-order valence-corrected chi connectivity index (χ2v) is 9.07. The summed E-state index contributed by atoms with van der Waals surface area (Å²) in [4.78, 5) is 28.8. The SMILES string of the molecule is CNc1nc(Nc2cccc(CN3CCCC(OC)C3)c2)nc2c1ncn2C(=O)NC1CCC1. The van der Waals surface area contributed by atoms with Crippen LogP contribution in [0, 0.1) is 0 Å². The van der Waals surface area contributed by atoms with E-state index in [2.05, 4.69) is 47.9 Å². The minimum absolute atomic E-state index is 0.211.